The number of aromatic amines is 1. The van der Waals surface area contributed by atoms with Gasteiger partial charge in [0.15, 0.2) is 0 Å². The zero-order chi connectivity index (χ0) is 18.5. The molecule has 0 unspecified atom stereocenters. The van der Waals surface area contributed by atoms with Gasteiger partial charge in [-0.1, -0.05) is 18.0 Å². The first kappa shape index (κ1) is 18.4. The van der Waals surface area contributed by atoms with Crippen LogP contribution in [-0.4, -0.2) is 39.0 Å². The van der Waals surface area contributed by atoms with Crippen molar-refractivity contribution in [3.05, 3.63) is 50.9 Å². The van der Waals surface area contributed by atoms with Gasteiger partial charge in [0.25, 0.3) is 5.56 Å². The van der Waals surface area contributed by atoms with Gasteiger partial charge in [-0.25, -0.2) is 5.10 Å². The number of hydrazone groups is 1. The van der Waals surface area contributed by atoms with Gasteiger partial charge < -0.3 is 5.11 Å². The highest BCUT2D eigenvalue weighted by Crippen LogP contribution is 2.23. The van der Waals surface area contributed by atoms with Crippen molar-refractivity contribution in [1.82, 2.24) is 15.1 Å². The Kier molecular flexibility index (Phi) is 5.90. The average Bonchev–Trinajstić information content (AvgIpc) is 2.65. The fourth-order valence-electron chi connectivity index (χ4n) is 2.97. The molecule has 0 aliphatic carbocycles. The third kappa shape index (κ3) is 4.42. The van der Waals surface area contributed by atoms with Gasteiger partial charge in [-0.3, -0.25) is 15.1 Å². The third-order valence-corrected chi connectivity index (χ3v) is 4.85. The highest BCUT2D eigenvalue weighted by molar-refractivity contribution is 6.32. The largest absolute Gasteiger partial charge is 0.508 e. The summed E-state index contributed by atoms with van der Waals surface area (Å²) >= 11 is 5.92. The number of H-pyrrole nitrogens is 1. The molecule has 3 rings (SSSR count). The van der Waals surface area contributed by atoms with Crippen molar-refractivity contribution in [3.63, 3.8) is 0 Å². The minimum Gasteiger partial charge on any atom is -0.508 e. The summed E-state index contributed by atoms with van der Waals surface area (Å²) in [5, 5.41) is 20.4. The second kappa shape index (κ2) is 8.33. The van der Waals surface area contributed by atoms with Crippen LogP contribution in [0.25, 0.3) is 0 Å². The molecule has 1 aliphatic rings. The summed E-state index contributed by atoms with van der Waals surface area (Å²) < 4.78 is 0. The molecule has 8 heteroatoms. The number of anilines is 1. The number of hydrogen-bond acceptors (Lipinski definition) is 6. The molecule has 0 saturated carbocycles. The maximum absolute atomic E-state index is 11.5. The molecule has 1 aliphatic heterocycles. The van der Waals surface area contributed by atoms with Crippen LogP contribution in [0.2, 0.25) is 5.02 Å². The normalized spacial score (nSPS) is 15.8. The van der Waals surface area contributed by atoms with Crippen LogP contribution in [0.4, 0.5) is 5.69 Å². The Bertz CT molecular complexity index is 859. The quantitative estimate of drug-likeness (QED) is 0.551. The molecule has 0 radical (unpaired) electrons. The number of phenols is 1. The third-order valence-electron chi connectivity index (χ3n) is 4.48. The van der Waals surface area contributed by atoms with E-state index < -0.39 is 5.56 Å². The van der Waals surface area contributed by atoms with E-state index in [1.54, 1.807) is 6.07 Å². The van der Waals surface area contributed by atoms with E-state index in [2.05, 4.69) is 25.6 Å². The van der Waals surface area contributed by atoms with Gasteiger partial charge in [0.2, 0.25) is 0 Å². The summed E-state index contributed by atoms with van der Waals surface area (Å²) in [4.78, 5) is 13.8. The maximum atomic E-state index is 11.5. The molecular formula is C18H22ClN5O2. The molecule has 2 heterocycles. The lowest BCUT2D eigenvalue weighted by molar-refractivity contribution is 0.218. The van der Waals surface area contributed by atoms with Gasteiger partial charge in [-0.2, -0.15) is 10.2 Å². The zero-order valence-corrected chi connectivity index (χ0v) is 15.4. The summed E-state index contributed by atoms with van der Waals surface area (Å²) in [7, 11) is 0. The smallest absolute Gasteiger partial charge is 0.285 e. The number of aromatic nitrogens is 2. The van der Waals surface area contributed by atoms with Crippen molar-refractivity contribution in [2.45, 2.75) is 32.7 Å². The lowest BCUT2D eigenvalue weighted by atomic mass is 10.0. The van der Waals surface area contributed by atoms with E-state index in [4.69, 9.17) is 11.6 Å². The predicted molar refractivity (Wildman–Crippen MR) is 103 cm³/mol. The van der Waals surface area contributed by atoms with E-state index in [1.807, 2.05) is 19.1 Å². The van der Waals surface area contributed by atoms with Crippen LogP contribution >= 0.6 is 11.6 Å². The van der Waals surface area contributed by atoms with Crippen molar-refractivity contribution in [2.24, 2.45) is 5.10 Å². The van der Waals surface area contributed by atoms with Crippen LogP contribution in [0.15, 0.2) is 34.3 Å². The molecular weight excluding hydrogens is 354 g/mol. The average molecular weight is 376 g/mol. The molecule has 138 valence electrons. The van der Waals surface area contributed by atoms with Crippen LogP contribution in [-0.2, 0) is 6.54 Å². The van der Waals surface area contributed by atoms with E-state index in [-0.39, 0.29) is 5.02 Å². The SMILES string of the molecule is C/C(=N\Nc1cn[nH]c(=O)c1Cl)c1ccc(O)c(CN2CCCCC2)c1. The monoisotopic (exact) mass is 375 g/mol. The zero-order valence-electron chi connectivity index (χ0n) is 14.6. The number of piperidine rings is 1. The Morgan fingerprint density at radius 2 is 2.15 bits per heavy atom. The first-order valence-electron chi connectivity index (χ1n) is 8.62. The molecule has 0 amide bonds. The van der Waals surface area contributed by atoms with Crippen LogP contribution in [0.1, 0.15) is 37.3 Å². The summed E-state index contributed by atoms with van der Waals surface area (Å²) in [6, 6.07) is 5.45. The van der Waals surface area contributed by atoms with Gasteiger partial charge in [0.1, 0.15) is 16.5 Å². The molecule has 7 nitrogen and oxygen atoms in total. The Hall–Kier alpha value is -2.38. The Labute approximate surface area is 156 Å². The van der Waals surface area contributed by atoms with Crippen molar-refractivity contribution < 1.29 is 5.11 Å². The van der Waals surface area contributed by atoms with Crippen molar-refractivity contribution in [3.8, 4) is 5.75 Å². The molecule has 3 N–H and O–H groups in total. The summed E-state index contributed by atoms with van der Waals surface area (Å²) in [6.45, 7) is 4.70. The van der Waals surface area contributed by atoms with Crippen LogP contribution in [0, 0.1) is 0 Å². The van der Waals surface area contributed by atoms with E-state index in [0.717, 1.165) is 30.8 Å². The summed E-state index contributed by atoms with van der Waals surface area (Å²) in [5.74, 6) is 0.293. The number of benzene rings is 1. The van der Waals surface area contributed by atoms with Gasteiger partial charge in [-0.05, 0) is 56.6 Å². The Morgan fingerprint density at radius 1 is 1.38 bits per heavy atom. The Balaban J connectivity index is 1.76. The number of nitrogens with zero attached hydrogens (tertiary/aromatic N) is 3. The molecule has 1 aromatic heterocycles. The van der Waals surface area contributed by atoms with E-state index >= 15 is 0 Å². The second-order valence-electron chi connectivity index (χ2n) is 6.42. The summed E-state index contributed by atoms with van der Waals surface area (Å²) in [6.07, 6.45) is 5.09. The molecule has 1 saturated heterocycles. The fraction of sp³-hybridized carbons (Fsp3) is 0.389. The fourth-order valence-corrected chi connectivity index (χ4v) is 3.10. The standard InChI is InChI=1S/C18H22ClN5O2/c1-12(21-22-15-10-20-23-18(26)17(15)19)13-5-6-16(25)14(9-13)11-24-7-3-2-4-8-24/h5-6,9-10,25H,2-4,7-8,11H2,1H3,(H2,22,23,26)/b21-12+. The summed E-state index contributed by atoms with van der Waals surface area (Å²) in [5.41, 5.74) is 5.11. The first-order chi connectivity index (χ1) is 12.5. The van der Waals surface area contributed by atoms with Gasteiger partial charge in [-0.15, -0.1) is 0 Å². The van der Waals surface area contributed by atoms with Crippen molar-refractivity contribution in [2.75, 3.05) is 18.5 Å². The molecule has 2 aromatic rings. The van der Waals surface area contributed by atoms with Crippen molar-refractivity contribution >= 4 is 23.0 Å². The highest BCUT2D eigenvalue weighted by Gasteiger charge is 2.13. The maximum Gasteiger partial charge on any atom is 0.285 e. The van der Waals surface area contributed by atoms with E-state index in [1.165, 1.54) is 25.5 Å². The number of aromatic hydroxyl groups is 1. The number of likely N-dealkylation sites (tertiary alicyclic amines) is 1. The van der Waals surface area contributed by atoms with Gasteiger partial charge >= 0.3 is 0 Å². The second-order valence-corrected chi connectivity index (χ2v) is 6.79. The van der Waals surface area contributed by atoms with Crippen LogP contribution in [0.3, 0.4) is 0 Å². The number of phenolic OH excluding ortho intramolecular Hbond substituents is 1. The topological polar surface area (TPSA) is 93.6 Å². The van der Waals surface area contributed by atoms with Crippen LogP contribution in [0.5, 0.6) is 5.75 Å². The van der Waals surface area contributed by atoms with Crippen LogP contribution < -0.4 is 11.0 Å². The minimum atomic E-state index is -0.474. The minimum absolute atomic E-state index is 0.00745. The highest BCUT2D eigenvalue weighted by atomic mass is 35.5. The number of rotatable bonds is 5. The van der Waals surface area contributed by atoms with Gasteiger partial charge in [0.05, 0.1) is 11.9 Å². The number of hydrogen-bond donors (Lipinski definition) is 3. The molecule has 1 aromatic carbocycles. The number of nitrogens with one attached hydrogen (secondary N) is 2. The molecule has 0 atom stereocenters. The lowest BCUT2D eigenvalue weighted by Crippen LogP contribution is -2.29. The molecule has 0 bridgehead atoms. The molecule has 1 fully saturated rings. The Morgan fingerprint density at radius 3 is 2.92 bits per heavy atom. The predicted octanol–water partition coefficient (Wildman–Crippen LogP) is 2.95. The van der Waals surface area contributed by atoms with E-state index in [0.29, 0.717) is 17.1 Å². The molecule has 26 heavy (non-hydrogen) atoms. The number of halogens is 1. The van der Waals surface area contributed by atoms with Crippen molar-refractivity contribution in [1.29, 1.82) is 0 Å². The van der Waals surface area contributed by atoms with Gasteiger partial charge in [0, 0.05) is 12.1 Å². The molecule has 0 spiro atoms. The first-order valence-corrected chi connectivity index (χ1v) is 9.00. The van der Waals surface area contributed by atoms with E-state index in [9.17, 15) is 9.90 Å². The lowest BCUT2D eigenvalue weighted by Gasteiger charge is -2.26.